The second-order valence-electron chi connectivity index (χ2n) is 5.13. The summed E-state index contributed by atoms with van der Waals surface area (Å²) in [6.45, 7) is 5.49. The smallest absolute Gasteiger partial charge is 0.0330 e. The van der Waals surface area contributed by atoms with Crippen LogP contribution in [0.25, 0.3) is 0 Å². The molecule has 114 valence electrons. The van der Waals surface area contributed by atoms with Gasteiger partial charge in [0.15, 0.2) is 0 Å². The minimum absolute atomic E-state index is 0.403. The van der Waals surface area contributed by atoms with Gasteiger partial charge in [0, 0.05) is 28.5 Å². The third-order valence-corrected chi connectivity index (χ3v) is 5.09. The molecular weight excluding hydrogens is 344 g/mol. The standard InChI is InChI=1S/C17H23BrN2S/c1-3-20(13-16-8-5-11-21-16)10-9-17(19-2)14-6-4-7-15(18)12-14/h4-8,11-12,17,19H,3,9-10,13H2,1-2H3. The lowest BCUT2D eigenvalue weighted by atomic mass is 10.0. The molecule has 21 heavy (non-hydrogen) atoms. The molecule has 1 unspecified atom stereocenters. The average molecular weight is 367 g/mol. The highest BCUT2D eigenvalue weighted by molar-refractivity contribution is 9.10. The second kappa shape index (κ2) is 8.69. The van der Waals surface area contributed by atoms with E-state index in [0.29, 0.717) is 6.04 Å². The lowest BCUT2D eigenvalue weighted by Gasteiger charge is -2.24. The maximum absolute atomic E-state index is 3.56. The Hall–Kier alpha value is -0.680. The molecule has 1 heterocycles. The molecule has 1 aromatic carbocycles. The first-order valence-electron chi connectivity index (χ1n) is 7.40. The van der Waals surface area contributed by atoms with Crippen molar-refractivity contribution in [1.82, 2.24) is 10.2 Å². The SMILES string of the molecule is CCN(CCC(NC)c1cccc(Br)c1)Cc1cccs1. The minimum atomic E-state index is 0.403. The van der Waals surface area contributed by atoms with Crippen LogP contribution in [0.2, 0.25) is 0 Å². The van der Waals surface area contributed by atoms with Crippen LogP contribution in [0.15, 0.2) is 46.3 Å². The third-order valence-electron chi connectivity index (χ3n) is 3.74. The summed E-state index contributed by atoms with van der Waals surface area (Å²) in [6.07, 6.45) is 1.12. The molecule has 2 rings (SSSR count). The zero-order valence-corrected chi connectivity index (χ0v) is 15.1. The van der Waals surface area contributed by atoms with Gasteiger partial charge in [-0.3, -0.25) is 4.90 Å². The van der Waals surface area contributed by atoms with Gasteiger partial charge in [-0.15, -0.1) is 11.3 Å². The van der Waals surface area contributed by atoms with Crippen molar-refractivity contribution in [3.05, 3.63) is 56.7 Å². The molecule has 0 saturated carbocycles. The van der Waals surface area contributed by atoms with Crippen LogP contribution in [-0.4, -0.2) is 25.0 Å². The summed E-state index contributed by atoms with van der Waals surface area (Å²) in [5.74, 6) is 0. The molecule has 0 bridgehead atoms. The van der Waals surface area contributed by atoms with Crippen molar-refractivity contribution in [3.8, 4) is 0 Å². The van der Waals surface area contributed by atoms with Crippen LogP contribution >= 0.6 is 27.3 Å². The maximum Gasteiger partial charge on any atom is 0.0330 e. The molecule has 2 nitrogen and oxygen atoms in total. The molecule has 0 radical (unpaired) electrons. The monoisotopic (exact) mass is 366 g/mol. The van der Waals surface area contributed by atoms with Gasteiger partial charge in [-0.1, -0.05) is 41.1 Å². The Morgan fingerprint density at radius 2 is 2.14 bits per heavy atom. The fourth-order valence-electron chi connectivity index (χ4n) is 2.48. The number of halogens is 1. The molecule has 0 aliphatic carbocycles. The Labute approximate surface area is 140 Å². The van der Waals surface area contributed by atoms with E-state index in [0.717, 1.165) is 30.5 Å². The van der Waals surface area contributed by atoms with E-state index in [-0.39, 0.29) is 0 Å². The van der Waals surface area contributed by atoms with E-state index in [1.165, 1.54) is 10.4 Å². The molecule has 0 aliphatic heterocycles. The maximum atomic E-state index is 3.56. The van der Waals surface area contributed by atoms with Gasteiger partial charge in [-0.2, -0.15) is 0 Å². The third kappa shape index (κ3) is 5.22. The summed E-state index contributed by atoms with van der Waals surface area (Å²) in [5.41, 5.74) is 1.35. The summed E-state index contributed by atoms with van der Waals surface area (Å²) >= 11 is 5.40. The molecule has 1 atom stereocenters. The van der Waals surface area contributed by atoms with Gasteiger partial charge in [0.05, 0.1) is 0 Å². The highest BCUT2D eigenvalue weighted by Gasteiger charge is 2.12. The molecule has 2 aromatic rings. The van der Waals surface area contributed by atoms with Crippen LogP contribution in [-0.2, 0) is 6.54 Å². The molecule has 0 aliphatic rings. The Balaban J connectivity index is 1.92. The lowest BCUT2D eigenvalue weighted by molar-refractivity contribution is 0.265. The van der Waals surface area contributed by atoms with E-state index >= 15 is 0 Å². The highest BCUT2D eigenvalue weighted by atomic mass is 79.9. The lowest BCUT2D eigenvalue weighted by Crippen LogP contribution is -2.27. The van der Waals surface area contributed by atoms with Crippen molar-refractivity contribution in [3.63, 3.8) is 0 Å². The number of hydrogen-bond donors (Lipinski definition) is 1. The van der Waals surface area contributed by atoms with E-state index in [2.05, 4.69) is 74.8 Å². The second-order valence-corrected chi connectivity index (χ2v) is 7.08. The van der Waals surface area contributed by atoms with Gasteiger partial charge >= 0.3 is 0 Å². The van der Waals surface area contributed by atoms with Crippen LogP contribution in [0.3, 0.4) is 0 Å². The van der Waals surface area contributed by atoms with E-state index in [4.69, 9.17) is 0 Å². The quantitative estimate of drug-likeness (QED) is 0.729. The van der Waals surface area contributed by atoms with E-state index in [1.807, 2.05) is 18.4 Å². The highest BCUT2D eigenvalue weighted by Crippen LogP contribution is 2.21. The van der Waals surface area contributed by atoms with Crippen LogP contribution in [0.1, 0.15) is 29.8 Å². The molecule has 1 N–H and O–H groups in total. The normalized spacial score (nSPS) is 12.8. The van der Waals surface area contributed by atoms with Crippen LogP contribution in [0, 0.1) is 0 Å². The van der Waals surface area contributed by atoms with Crippen molar-refractivity contribution < 1.29 is 0 Å². The van der Waals surface area contributed by atoms with Gasteiger partial charge < -0.3 is 5.32 Å². The number of thiophene rings is 1. The largest absolute Gasteiger partial charge is 0.313 e. The summed E-state index contributed by atoms with van der Waals surface area (Å²) in [4.78, 5) is 3.95. The first-order chi connectivity index (χ1) is 10.2. The van der Waals surface area contributed by atoms with E-state index in [1.54, 1.807) is 0 Å². The first-order valence-corrected chi connectivity index (χ1v) is 9.07. The summed E-state index contributed by atoms with van der Waals surface area (Å²) in [7, 11) is 2.04. The molecule has 4 heteroatoms. The number of nitrogens with zero attached hydrogens (tertiary/aromatic N) is 1. The summed E-state index contributed by atoms with van der Waals surface area (Å²) in [6, 6.07) is 13.3. The summed E-state index contributed by atoms with van der Waals surface area (Å²) < 4.78 is 1.14. The van der Waals surface area contributed by atoms with Crippen molar-refractivity contribution >= 4 is 27.3 Å². The molecule has 0 amide bonds. The zero-order valence-electron chi connectivity index (χ0n) is 12.7. The number of hydrogen-bond acceptors (Lipinski definition) is 3. The number of nitrogens with one attached hydrogen (secondary N) is 1. The molecular formula is C17H23BrN2S. The first kappa shape index (κ1) is 16.7. The molecule has 0 fully saturated rings. The van der Waals surface area contributed by atoms with Crippen molar-refractivity contribution in [2.45, 2.75) is 25.9 Å². The fraction of sp³-hybridized carbons (Fsp3) is 0.412. The Morgan fingerprint density at radius 3 is 2.76 bits per heavy atom. The van der Waals surface area contributed by atoms with Crippen molar-refractivity contribution in [1.29, 1.82) is 0 Å². The predicted molar refractivity (Wildman–Crippen MR) is 95.8 cm³/mol. The minimum Gasteiger partial charge on any atom is -0.313 e. The molecule has 0 spiro atoms. The van der Waals surface area contributed by atoms with Gasteiger partial charge in [0.2, 0.25) is 0 Å². The zero-order chi connectivity index (χ0) is 15.1. The van der Waals surface area contributed by atoms with Crippen LogP contribution in [0.4, 0.5) is 0 Å². The van der Waals surface area contributed by atoms with E-state index in [9.17, 15) is 0 Å². The Kier molecular flexibility index (Phi) is 6.90. The predicted octanol–water partition coefficient (Wildman–Crippen LogP) is 4.68. The average Bonchev–Trinajstić information content (AvgIpc) is 2.99. The summed E-state index contributed by atoms with van der Waals surface area (Å²) in [5, 5.41) is 5.59. The van der Waals surface area contributed by atoms with E-state index < -0.39 is 0 Å². The van der Waals surface area contributed by atoms with Gasteiger partial charge in [-0.25, -0.2) is 0 Å². The van der Waals surface area contributed by atoms with Crippen molar-refractivity contribution in [2.75, 3.05) is 20.1 Å². The Morgan fingerprint density at radius 1 is 1.29 bits per heavy atom. The Bertz CT molecular complexity index is 527. The molecule has 0 saturated heterocycles. The van der Waals surface area contributed by atoms with Gasteiger partial charge in [0.25, 0.3) is 0 Å². The number of rotatable bonds is 8. The van der Waals surface area contributed by atoms with Gasteiger partial charge in [-0.05, 0) is 49.2 Å². The number of benzene rings is 1. The van der Waals surface area contributed by atoms with Crippen molar-refractivity contribution in [2.24, 2.45) is 0 Å². The molecule has 1 aromatic heterocycles. The van der Waals surface area contributed by atoms with Crippen LogP contribution in [0.5, 0.6) is 0 Å². The van der Waals surface area contributed by atoms with Crippen LogP contribution < -0.4 is 5.32 Å². The van der Waals surface area contributed by atoms with Gasteiger partial charge in [0.1, 0.15) is 0 Å². The fourth-order valence-corrected chi connectivity index (χ4v) is 3.65. The topological polar surface area (TPSA) is 15.3 Å².